The number of anilines is 2. The van der Waals surface area contributed by atoms with E-state index in [4.69, 9.17) is 5.73 Å². The fourth-order valence-corrected chi connectivity index (χ4v) is 3.61. The van der Waals surface area contributed by atoms with Crippen molar-refractivity contribution in [1.29, 1.82) is 0 Å². The summed E-state index contributed by atoms with van der Waals surface area (Å²) in [6, 6.07) is 13.5. The fraction of sp³-hybridized carbons (Fsp3) is 0.154. The lowest BCUT2D eigenvalue weighted by Crippen LogP contribution is -2.41. The molecule has 1 aromatic heterocycles. The molecule has 1 aliphatic carbocycles. The zero-order valence-electron chi connectivity index (χ0n) is 18.3. The third-order valence-electron chi connectivity index (χ3n) is 5.83. The van der Waals surface area contributed by atoms with Crippen molar-refractivity contribution in [3.8, 4) is 0 Å². The number of halogens is 3. The van der Waals surface area contributed by atoms with Gasteiger partial charge in [-0.15, -0.1) is 0 Å². The highest BCUT2D eigenvalue weighted by Gasteiger charge is 2.57. The molecule has 2 aromatic carbocycles. The summed E-state index contributed by atoms with van der Waals surface area (Å²) in [4.78, 5) is 42.9. The van der Waals surface area contributed by atoms with E-state index in [0.717, 1.165) is 29.8 Å². The highest BCUT2D eigenvalue weighted by atomic mass is 19.4. The third kappa shape index (κ3) is 4.98. The van der Waals surface area contributed by atoms with Crippen molar-refractivity contribution in [1.82, 2.24) is 4.98 Å². The van der Waals surface area contributed by atoms with E-state index in [-0.39, 0.29) is 30.0 Å². The van der Waals surface area contributed by atoms with Crippen LogP contribution in [0.1, 0.15) is 34.3 Å². The lowest BCUT2D eigenvalue weighted by molar-refractivity contribution is -0.137. The van der Waals surface area contributed by atoms with E-state index in [1.165, 1.54) is 35.2 Å². The Balaban J connectivity index is 1.65. The maximum atomic E-state index is 13.3. The van der Waals surface area contributed by atoms with Gasteiger partial charge in [0, 0.05) is 29.3 Å². The van der Waals surface area contributed by atoms with E-state index >= 15 is 0 Å². The Bertz CT molecular complexity index is 1280. The highest BCUT2D eigenvalue weighted by Crippen LogP contribution is 2.49. The largest absolute Gasteiger partial charge is 0.416 e. The average molecular weight is 479 g/mol. The summed E-state index contributed by atoms with van der Waals surface area (Å²) >= 11 is 0. The molecule has 1 fully saturated rings. The van der Waals surface area contributed by atoms with Gasteiger partial charge in [0.05, 0.1) is 5.56 Å². The van der Waals surface area contributed by atoms with Crippen molar-refractivity contribution < 1.29 is 27.6 Å². The molecule has 35 heavy (non-hydrogen) atoms. The molecule has 0 spiro atoms. The molecule has 6 nitrogen and oxygen atoms in total. The van der Waals surface area contributed by atoms with Gasteiger partial charge in [0.15, 0.2) is 5.78 Å². The molecule has 2 N–H and O–H groups in total. The van der Waals surface area contributed by atoms with Gasteiger partial charge in [0.1, 0.15) is 5.41 Å². The van der Waals surface area contributed by atoms with Gasteiger partial charge in [-0.3, -0.25) is 24.3 Å². The molecule has 0 bridgehead atoms. The van der Waals surface area contributed by atoms with Crippen LogP contribution >= 0.6 is 0 Å². The van der Waals surface area contributed by atoms with Crippen molar-refractivity contribution in [3.63, 3.8) is 0 Å². The first kappa shape index (κ1) is 23.9. The summed E-state index contributed by atoms with van der Waals surface area (Å²) < 4.78 is 39.0. The number of carbonyl (C=O) groups excluding carboxylic acids is 3. The molecule has 0 unspecified atom stereocenters. The summed E-state index contributed by atoms with van der Waals surface area (Å²) in [7, 11) is 0. The van der Waals surface area contributed by atoms with Gasteiger partial charge < -0.3 is 5.73 Å². The Morgan fingerprint density at radius 1 is 0.886 bits per heavy atom. The summed E-state index contributed by atoms with van der Waals surface area (Å²) in [6.07, 6.45) is 2.22. The Labute approximate surface area is 198 Å². The number of hydrogen-bond acceptors (Lipinski definition) is 4. The predicted octanol–water partition coefficient (Wildman–Crippen LogP) is 4.93. The van der Waals surface area contributed by atoms with Crippen LogP contribution < -0.4 is 10.6 Å². The number of nitrogens with two attached hydrogens (primary N) is 1. The highest BCUT2D eigenvalue weighted by molar-refractivity contribution is 6.16. The van der Waals surface area contributed by atoms with Crippen molar-refractivity contribution >= 4 is 35.0 Å². The summed E-state index contributed by atoms with van der Waals surface area (Å²) in [6.45, 7) is 0. The molecular formula is C26H20F3N3O3. The fourth-order valence-electron chi connectivity index (χ4n) is 3.61. The minimum absolute atomic E-state index is 0.146. The van der Waals surface area contributed by atoms with Crippen LogP contribution in [0.25, 0.3) is 6.08 Å². The van der Waals surface area contributed by atoms with Gasteiger partial charge in [0.25, 0.3) is 0 Å². The van der Waals surface area contributed by atoms with Gasteiger partial charge in [0.2, 0.25) is 11.8 Å². The first-order chi connectivity index (χ1) is 16.6. The number of nitrogens with zero attached hydrogens (tertiary/aromatic N) is 2. The minimum atomic E-state index is -4.54. The monoisotopic (exact) mass is 479 g/mol. The molecule has 0 aliphatic heterocycles. The van der Waals surface area contributed by atoms with Crippen molar-refractivity contribution in [2.45, 2.75) is 19.0 Å². The number of rotatable bonds is 7. The van der Waals surface area contributed by atoms with Crippen molar-refractivity contribution in [2.24, 2.45) is 11.1 Å². The topological polar surface area (TPSA) is 93.4 Å². The molecule has 1 saturated carbocycles. The number of primary amides is 1. The molecule has 0 saturated heterocycles. The van der Waals surface area contributed by atoms with Gasteiger partial charge in [-0.1, -0.05) is 6.08 Å². The second kappa shape index (κ2) is 9.17. The van der Waals surface area contributed by atoms with Crippen LogP contribution in [0.2, 0.25) is 0 Å². The zero-order chi connectivity index (χ0) is 25.2. The quantitative estimate of drug-likeness (QED) is 0.296. The first-order valence-corrected chi connectivity index (χ1v) is 10.7. The number of aromatic nitrogens is 1. The standard InChI is InChI=1S/C26H20F3N3O3/c27-26(28,29)19-4-8-21(9-5-19)32(24(35)25(13-14-25)23(30)34)20-6-2-18(3-7-20)22(33)10-1-17-11-15-31-16-12-17/h1-12,15-16H,13-14H2,(H2,30,34)/b10-1+. The molecule has 3 aromatic rings. The molecule has 9 heteroatoms. The number of allylic oxidation sites excluding steroid dienone is 1. The SMILES string of the molecule is NC(=O)C1(C(=O)N(c2ccc(C(=O)/C=C/c3ccncc3)cc2)c2ccc(C(F)(F)F)cc2)CC1. The predicted molar refractivity (Wildman–Crippen MR) is 123 cm³/mol. The van der Waals surface area contributed by atoms with Gasteiger partial charge in [-0.2, -0.15) is 13.2 Å². The van der Waals surface area contributed by atoms with E-state index in [9.17, 15) is 27.6 Å². The van der Waals surface area contributed by atoms with Crippen molar-refractivity contribution in [2.75, 3.05) is 4.90 Å². The van der Waals surface area contributed by atoms with Crippen molar-refractivity contribution in [3.05, 3.63) is 95.8 Å². The Morgan fingerprint density at radius 3 is 1.91 bits per heavy atom. The van der Waals surface area contributed by atoms with Crippen LogP contribution in [0.15, 0.2) is 79.1 Å². The number of hydrogen-bond donors (Lipinski definition) is 1. The van der Waals surface area contributed by atoms with Gasteiger partial charge >= 0.3 is 6.18 Å². The van der Waals surface area contributed by atoms with Crippen LogP contribution in [-0.4, -0.2) is 22.6 Å². The number of alkyl halides is 3. The molecule has 178 valence electrons. The number of carbonyl (C=O) groups is 3. The molecule has 0 atom stereocenters. The van der Waals surface area contributed by atoms with E-state index in [2.05, 4.69) is 4.98 Å². The lowest BCUT2D eigenvalue weighted by Gasteiger charge is -2.27. The van der Waals surface area contributed by atoms with Crippen LogP contribution in [0.3, 0.4) is 0 Å². The molecule has 1 heterocycles. The smallest absolute Gasteiger partial charge is 0.369 e. The number of ketones is 1. The normalized spacial score (nSPS) is 14.5. The van der Waals surface area contributed by atoms with Gasteiger partial charge in [-0.25, -0.2) is 0 Å². The average Bonchev–Trinajstić information content (AvgIpc) is 3.66. The first-order valence-electron chi connectivity index (χ1n) is 10.7. The van der Waals surface area contributed by atoms with Crippen LogP contribution in [0, 0.1) is 5.41 Å². The van der Waals surface area contributed by atoms with Crippen LogP contribution in [0.4, 0.5) is 24.5 Å². The summed E-state index contributed by atoms with van der Waals surface area (Å²) in [5.41, 5.74) is 4.77. The number of benzene rings is 2. The van der Waals surface area contributed by atoms with Crippen LogP contribution in [0.5, 0.6) is 0 Å². The molecule has 2 amide bonds. The third-order valence-corrected chi connectivity index (χ3v) is 5.83. The van der Waals surface area contributed by atoms with E-state index < -0.39 is 29.0 Å². The van der Waals surface area contributed by atoms with Gasteiger partial charge in [-0.05, 0) is 85.1 Å². The van der Waals surface area contributed by atoms with E-state index in [1.54, 1.807) is 30.6 Å². The Kier molecular flexibility index (Phi) is 6.26. The Hall–Kier alpha value is -4.27. The Morgan fingerprint density at radius 2 is 1.43 bits per heavy atom. The number of pyridine rings is 1. The summed E-state index contributed by atoms with van der Waals surface area (Å²) in [5.74, 6) is -1.69. The maximum Gasteiger partial charge on any atom is 0.416 e. The molecule has 4 rings (SSSR count). The van der Waals surface area contributed by atoms with Crippen LogP contribution in [-0.2, 0) is 15.8 Å². The second-order valence-electron chi connectivity index (χ2n) is 8.16. The number of amides is 2. The maximum absolute atomic E-state index is 13.3. The zero-order valence-corrected chi connectivity index (χ0v) is 18.3. The minimum Gasteiger partial charge on any atom is -0.369 e. The molecular weight excluding hydrogens is 459 g/mol. The second-order valence-corrected chi connectivity index (χ2v) is 8.16. The van der Waals surface area contributed by atoms with E-state index in [1.807, 2.05) is 0 Å². The molecule has 1 aliphatic rings. The summed E-state index contributed by atoms with van der Waals surface area (Å²) in [5, 5.41) is 0. The van der Waals surface area contributed by atoms with E-state index in [0.29, 0.717) is 5.56 Å². The lowest BCUT2D eigenvalue weighted by atomic mass is 10.0. The molecule has 0 radical (unpaired) electrons.